The summed E-state index contributed by atoms with van der Waals surface area (Å²) in [5.74, 6) is -1.43. The standard InChI is InChI=1S/C30H35FN4O6S/c1-19-16-35(20(2)18-36)30(38)26-14-23(21-7-6-8-22(13-21)29(37)33(3)4)15-32-28(26)41-27(19)17-34(5)42(39,40)25-11-9-24(31)10-12-25/h6-15,19-20,27,36H,16-18H2,1-5H3/t19-,20-,27+/m1/s1. The fourth-order valence-electron chi connectivity index (χ4n) is 4.71. The first-order valence-electron chi connectivity index (χ1n) is 13.5. The average Bonchev–Trinajstić information content (AvgIpc) is 2.98. The highest BCUT2D eigenvalue weighted by Crippen LogP contribution is 2.31. The lowest BCUT2D eigenvalue weighted by Gasteiger charge is -2.37. The molecule has 1 aliphatic rings. The van der Waals surface area contributed by atoms with Crippen LogP contribution in [0.4, 0.5) is 4.39 Å². The molecule has 10 nitrogen and oxygen atoms in total. The maximum atomic E-state index is 13.8. The molecule has 3 atom stereocenters. The van der Waals surface area contributed by atoms with E-state index in [1.54, 1.807) is 51.4 Å². The van der Waals surface area contributed by atoms with Gasteiger partial charge in [-0.05, 0) is 55.0 Å². The van der Waals surface area contributed by atoms with Gasteiger partial charge in [-0.1, -0.05) is 19.1 Å². The third-order valence-corrected chi connectivity index (χ3v) is 9.17. The van der Waals surface area contributed by atoms with Gasteiger partial charge in [0.1, 0.15) is 17.5 Å². The molecule has 42 heavy (non-hydrogen) atoms. The molecule has 12 heteroatoms. The molecule has 0 spiro atoms. The van der Waals surface area contributed by atoms with Crippen LogP contribution < -0.4 is 4.74 Å². The number of benzene rings is 2. The minimum Gasteiger partial charge on any atom is -0.472 e. The molecule has 1 N–H and O–H groups in total. The van der Waals surface area contributed by atoms with Gasteiger partial charge in [0.05, 0.1) is 24.1 Å². The highest BCUT2D eigenvalue weighted by atomic mass is 32.2. The van der Waals surface area contributed by atoms with Crippen molar-refractivity contribution in [2.45, 2.75) is 30.9 Å². The summed E-state index contributed by atoms with van der Waals surface area (Å²) in [4.78, 5) is 33.7. The van der Waals surface area contributed by atoms with Crippen molar-refractivity contribution in [2.75, 3.05) is 40.8 Å². The summed E-state index contributed by atoms with van der Waals surface area (Å²) in [5, 5.41) is 9.93. The third-order valence-electron chi connectivity index (χ3n) is 7.33. The number of hydrogen-bond donors (Lipinski definition) is 1. The lowest BCUT2D eigenvalue weighted by molar-refractivity contribution is 0.0373. The molecule has 0 bridgehead atoms. The van der Waals surface area contributed by atoms with Gasteiger partial charge in [-0.2, -0.15) is 4.31 Å². The predicted octanol–water partition coefficient (Wildman–Crippen LogP) is 3.13. The second kappa shape index (κ2) is 12.6. The Morgan fingerprint density at radius 3 is 2.48 bits per heavy atom. The second-order valence-electron chi connectivity index (χ2n) is 10.7. The molecule has 1 aliphatic heterocycles. The Morgan fingerprint density at radius 1 is 1.14 bits per heavy atom. The van der Waals surface area contributed by atoms with Gasteiger partial charge < -0.3 is 19.6 Å². The molecular weight excluding hydrogens is 563 g/mol. The van der Waals surface area contributed by atoms with E-state index in [2.05, 4.69) is 4.98 Å². The Hall–Kier alpha value is -3.87. The number of rotatable bonds is 8. The number of nitrogens with zero attached hydrogens (tertiary/aromatic N) is 4. The summed E-state index contributed by atoms with van der Waals surface area (Å²) in [6.45, 7) is 3.39. The smallest absolute Gasteiger partial charge is 0.259 e. The number of pyridine rings is 1. The van der Waals surface area contributed by atoms with Gasteiger partial charge >= 0.3 is 0 Å². The summed E-state index contributed by atoms with van der Waals surface area (Å²) in [6, 6.07) is 12.6. The first kappa shape index (κ1) is 31.1. The molecule has 0 unspecified atom stereocenters. The number of hydrogen-bond acceptors (Lipinski definition) is 7. The summed E-state index contributed by atoms with van der Waals surface area (Å²) in [6.07, 6.45) is 0.817. The molecule has 224 valence electrons. The SMILES string of the molecule is C[C@@H]1CN([C@H](C)CO)C(=O)c2cc(-c3cccc(C(=O)N(C)C)c3)cnc2O[C@H]1CN(C)S(=O)(=O)c1ccc(F)cc1. The number of amides is 2. The van der Waals surface area contributed by atoms with E-state index in [1.807, 2.05) is 6.92 Å². The minimum atomic E-state index is -3.97. The van der Waals surface area contributed by atoms with Crippen molar-refractivity contribution in [3.63, 3.8) is 0 Å². The quantitative estimate of drug-likeness (QED) is 0.423. The van der Waals surface area contributed by atoms with E-state index in [4.69, 9.17) is 4.74 Å². The molecule has 2 aromatic carbocycles. The fraction of sp³-hybridized carbons (Fsp3) is 0.367. The number of aliphatic hydroxyl groups excluding tert-OH is 1. The van der Waals surface area contributed by atoms with Gasteiger partial charge in [-0.3, -0.25) is 9.59 Å². The number of fused-ring (bicyclic) bond motifs is 1. The van der Waals surface area contributed by atoms with Crippen LogP contribution >= 0.6 is 0 Å². The topological polar surface area (TPSA) is 120 Å². The monoisotopic (exact) mass is 598 g/mol. The van der Waals surface area contributed by atoms with Crippen molar-refractivity contribution in [1.82, 2.24) is 19.1 Å². The van der Waals surface area contributed by atoms with Crippen molar-refractivity contribution in [2.24, 2.45) is 5.92 Å². The van der Waals surface area contributed by atoms with Crippen LogP contribution in [0.2, 0.25) is 0 Å². The van der Waals surface area contributed by atoms with Gasteiger partial charge in [0, 0.05) is 50.9 Å². The van der Waals surface area contributed by atoms with Crippen molar-refractivity contribution in [1.29, 1.82) is 0 Å². The fourth-order valence-corrected chi connectivity index (χ4v) is 5.89. The largest absolute Gasteiger partial charge is 0.472 e. The van der Waals surface area contributed by atoms with Crippen LogP contribution in [0.25, 0.3) is 11.1 Å². The van der Waals surface area contributed by atoms with E-state index in [-0.39, 0.29) is 53.8 Å². The maximum absolute atomic E-state index is 13.8. The number of aromatic nitrogens is 1. The first-order valence-corrected chi connectivity index (χ1v) is 14.9. The maximum Gasteiger partial charge on any atom is 0.259 e. The predicted molar refractivity (Wildman–Crippen MR) is 155 cm³/mol. The van der Waals surface area contributed by atoms with Crippen molar-refractivity contribution in [3.8, 4) is 17.0 Å². The highest BCUT2D eigenvalue weighted by molar-refractivity contribution is 7.89. The van der Waals surface area contributed by atoms with Gasteiger partial charge in [-0.25, -0.2) is 17.8 Å². The Bertz CT molecular complexity index is 1560. The number of halogens is 1. The molecule has 0 aliphatic carbocycles. The summed E-state index contributed by atoms with van der Waals surface area (Å²) >= 11 is 0. The van der Waals surface area contributed by atoms with E-state index in [0.717, 1.165) is 16.4 Å². The lowest BCUT2D eigenvalue weighted by atomic mass is 9.99. The highest BCUT2D eigenvalue weighted by Gasteiger charge is 2.36. The van der Waals surface area contributed by atoms with Crippen molar-refractivity contribution >= 4 is 21.8 Å². The molecule has 4 rings (SSSR count). The normalized spacial score (nSPS) is 18.1. The zero-order valence-electron chi connectivity index (χ0n) is 24.2. The van der Waals surface area contributed by atoms with Crippen LogP contribution in [0, 0.1) is 11.7 Å². The minimum absolute atomic E-state index is 0.0311. The molecular formula is C30H35FN4O6S. The summed E-state index contributed by atoms with van der Waals surface area (Å²) < 4.78 is 47.2. The van der Waals surface area contributed by atoms with E-state index in [9.17, 15) is 27.5 Å². The number of carbonyl (C=O) groups is 2. The van der Waals surface area contributed by atoms with Gasteiger partial charge in [0.25, 0.3) is 11.8 Å². The Morgan fingerprint density at radius 2 is 1.83 bits per heavy atom. The molecule has 0 radical (unpaired) electrons. The number of sulfonamides is 1. The Balaban J connectivity index is 1.72. The van der Waals surface area contributed by atoms with Gasteiger partial charge in [0.15, 0.2) is 0 Å². The second-order valence-corrected chi connectivity index (χ2v) is 12.8. The van der Waals surface area contributed by atoms with Crippen LogP contribution in [0.3, 0.4) is 0 Å². The molecule has 0 saturated carbocycles. The zero-order valence-corrected chi connectivity index (χ0v) is 25.0. The molecule has 3 aromatic rings. The van der Waals surface area contributed by atoms with Crippen LogP contribution in [-0.2, 0) is 10.0 Å². The molecule has 2 amide bonds. The van der Waals surface area contributed by atoms with Crippen LogP contribution in [0.1, 0.15) is 34.6 Å². The van der Waals surface area contributed by atoms with Gasteiger partial charge in [0.2, 0.25) is 15.9 Å². The van der Waals surface area contributed by atoms with Gasteiger partial charge in [-0.15, -0.1) is 0 Å². The van der Waals surface area contributed by atoms with E-state index < -0.39 is 28.0 Å². The van der Waals surface area contributed by atoms with E-state index in [0.29, 0.717) is 16.7 Å². The third kappa shape index (κ3) is 6.45. The van der Waals surface area contributed by atoms with E-state index in [1.165, 1.54) is 35.2 Å². The molecule has 1 aromatic heterocycles. The van der Waals surface area contributed by atoms with Crippen LogP contribution in [0.15, 0.2) is 65.7 Å². The number of ether oxygens (including phenoxy) is 1. The first-order chi connectivity index (χ1) is 19.8. The average molecular weight is 599 g/mol. The Labute approximate surface area is 245 Å². The summed E-state index contributed by atoms with van der Waals surface area (Å²) in [7, 11) is 0.764. The Kier molecular flexibility index (Phi) is 9.29. The molecule has 2 heterocycles. The van der Waals surface area contributed by atoms with Crippen molar-refractivity contribution < 1.29 is 32.2 Å². The molecule has 0 fully saturated rings. The van der Waals surface area contributed by atoms with E-state index >= 15 is 0 Å². The van der Waals surface area contributed by atoms with Crippen LogP contribution in [-0.4, -0.2) is 97.4 Å². The van der Waals surface area contributed by atoms with Crippen molar-refractivity contribution in [3.05, 3.63) is 77.7 Å². The zero-order chi connectivity index (χ0) is 30.8. The number of carbonyl (C=O) groups excluding carboxylic acids is 2. The van der Waals surface area contributed by atoms with Crippen LogP contribution in [0.5, 0.6) is 5.88 Å². The molecule has 0 saturated heterocycles. The lowest BCUT2D eigenvalue weighted by Crippen LogP contribution is -2.50. The number of likely N-dealkylation sites (N-methyl/N-ethyl adjacent to an activating group) is 1. The summed E-state index contributed by atoms with van der Waals surface area (Å²) in [5.41, 5.74) is 1.88. The number of aliphatic hydroxyl groups is 1.